The van der Waals surface area contributed by atoms with Crippen molar-refractivity contribution in [3.63, 3.8) is 0 Å². The number of carbonyl (C=O) groups is 1. The smallest absolute Gasteiger partial charge is 0.254 e. The van der Waals surface area contributed by atoms with Gasteiger partial charge in [-0.05, 0) is 37.2 Å². The van der Waals surface area contributed by atoms with Crippen molar-refractivity contribution in [1.82, 2.24) is 5.32 Å². The molecule has 2 rings (SSSR count). The first kappa shape index (κ1) is 15.1. The van der Waals surface area contributed by atoms with E-state index < -0.39 is 5.60 Å². The van der Waals surface area contributed by atoms with Crippen LogP contribution in [0.5, 0.6) is 0 Å². The normalized spacial score (nSPS) is 20.6. The SMILES string of the molecule is CCc1occc1C(=O)NCC1(O)CCC(C)(C)CC1. The van der Waals surface area contributed by atoms with Gasteiger partial charge in [-0.15, -0.1) is 0 Å². The zero-order valence-corrected chi connectivity index (χ0v) is 12.7. The minimum Gasteiger partial charge on any atom is -0.469 e. The summed E-state index contributed by atoms with van der Waals surface area (Å²) in [4.78, 5) is 12.1. The van der Waals surface area contributed by atoms with Crippen LogP contribution in [0.3, 0.4) is 0 Å². The number of rotatable bonds is 4. The first-order valence-corrected chi connectivity index (χ1v) is 7.42. The van der Waals surface area contributed by atoms with E-state index in [1.807, 2.05) is 6.92 Å². The van der Waals surface area contributed by atoms with Gasteiger partial charge < -0.3 is 14.8 Å². The quantitative estimate of drug-likeness (QED) is 0.890. The fourth-order valence-electron chi connectivity index (χ4n) is 2.73. The van der Waals surface area contributed by atoms with Gasteiger partial charge in [-0.3, -0.25) is 4.79 Å². The maximum absolute atomic E-state index is 12.1. The highest BCUT2D eigenvalue weighted by Gasteiger charge is 2.36. The van der Waals surface area contributed by atoms with Crippen molar-refractivity contribution in [2.24, 2.45) is 5.41 Å². The summed E-state index contributed by atoms with van der Waals surface area (Å²) in [6, 6.07) is 1.68. The number of furan rings is 1. The second-order valence-electron chi connectivity index (χ2n) is 6.68. The van der Waals surface area contributed by atoms with Crippen molar-refractivity contribution in [2.75, 3.05) is 6.54 Å². The Balaban J connectivity index is 1.91. The van der Waals surface area contributed by atoms with E-state index in [1.54, 1.807) is 6.07 Å². The molecule has 1 fully saturated rings. The zero-order chi connectivity index (χ0) is 14.8. The molecule has 112 valence electrons. The van der Waals surface area contributed by atoms with Crippen LogP contribution in [0.15, 0.2) is 16.7 Å². The Morgan fingerprint density at radius 2 is 2.00 bits per heavy atom. The van der Waals surface area contributed by atoms with E-state index in [1.165, 1.54) is 6.26 Å². The first-order valence-electron chi connectivity index (χ1n) is 7.42. The maximum Gasteiger partial charge on any atom is 0.254 e. The number of aliphatic hydroxyl groups is 1. The third-order valence-electron chi connectivity index (χ3n) is 4.42. The van der Waals surface area contributed by atoms with Gasteiger partial charge in [0.15, 0.2) is 0 Å². The molecule has 0 unspecified atom stereocenters. The third kappa shape index (κ3) is 3.42. The number of amides is 1. The van der Waals surface area contributed by atoms with Crippen molar-refractivity contribution < 1.29 is 14.3 Å². The molecule has 1 aliphatic carbocycles. The molecule has 0 atom stereocenters. The lowest BCUT2D eigenvalue weighted by atomic mass is 9.71. The Bertz CT molecular complexity index is 466. The molecule has 0 spiro atoms. The average molecular weight is 279 g/mol. The van der Waals surface area contributed by atoms with Crippen molar-refractivity contribution >= 4 is 5.91 Å². The van der Waals surface area contributed by atoms with Crippen LogP contribution in [-0.4, -0.2) is 23.2 Å². The van der Waals surface area contributed by atoms with Gasteiger partial charge in [0.2, 0.25) is 0 Å². The molecule has 1 heterocycles. The van der Waals surface area contributed by atoms with E-state index in [2.05, 4.69) is 19.2 Å². The first-order chi connectivity index (χ1) is 9.35. The predicted molar refractivity (Wildman–Crippen MR) is 77.6 cm³/mol. The largest absolute Gasteiger partial charge is 0.469 e. The highest BCUT2D eigenvalue weighted by Crippen LogP contribution is 2.39. The molecule has 1 aromatic rings. The van der Waals surface area contributed by atoms with Crippen LogP contribution in [0.4, 0.5) is 0 Å². The summed E-state index contributed by atoms with van der Waals surface area (Å²) in [5, 5.41) is 13.4. The summed E-state index contributed by atoms with van der Waals surface area (Å²) in [7, 11) is 0. The van der Waals surface area contributed by atoms with Gasteiger partial charge in [-0.1, -0.05) is 20.8 Å². The van der Waals surface area contributed by atoms with Gasteiger partial charge in [-0.2, -0.15) is 0 Å². The fraction of sp³-hybridized carbons (Fsp3) is 0.688. The zero-order valence-electron chi connectivity index (χ0n) is 12.7. The Kier molecular flexibility index (Phi) is 4.23. The highest BCUT2D eigenvalue weighted by molar-refractivity contribution is 5.95. The molecular weight excluding hydrogens is 254 g/mol. The van der Waals surface area contributed by atoms with Crippen LogP contribution in [0.1, 0.15) is 62.6 Å². The number of aryl methyl sites for hydroxylation is 1. The third-order valence-corrected chi connectivity index (χ3v) is 4.42. The van der Waals surface area contributed by atoms with Gasteiger partial charge in [0, 0.05) is 13.0 Å². The Morgan fingerprint density at radius 3 is 2.60 bits per heavy atom. The molecular formula is C16H25NO3. The van der Waals surface area contributed by atoms with Crippen LogP contribution >= 0.6 is 0 Å². The Labute approximate surface area is 120 Å². The van der Waals surface area contributed by atoms with Crippen molar-refractivity contribution in [2.45, 2.75) is 58.5 Å². The van der Waals surface area contributed by atoms with Crippen molar-refractivity contribution in [3.05, 3.63) is 23.7 Å². The molecule has 0 aliphatic heterocycles. The lowest BCUT2D eigenvalue weighted by Crippen LogP contribution is -2.46. The number of hydrogen-bond donors (Lipinski definition) is 2. The van der Waals surface area contributed by atoms with Crippen molar-refractivity contribution in [1.29, 1.82) is 0 Å². The molecule has 0 bridgehead atoms. The Morgan fingerprint density at radius 1 is 1.35 bits per heavy atom. The van der Waals surface area contributed by atoms with Gasteiger partial charge in [0.1, 0.15) is 5.76 Å². The molecule has 0 radical (unpaired) electrons. The molecule has 1 saturated carbocycles. The van der Waals surface area contributed by atoms with E-state index in [9.17, 15) is 9.90 Å². The summed E-state index contributed by atoms with van der Waals surface area (Å²) in [6.07, 6.45) is 5.69. The second-order valence-corrected chi connectivity index (χ2v) is 6.68. The molecule has 20 heavy (non-hydrogen) atoms. The molecule has 4 nitrogen and oxygen atoms in total. The minimum atomic E-state index is -0.763. The number of carbonyl (C=O) groups excluding carboxylic acids is 1. The molecule has 4 heteroatoms. The van der Waals surface area contributed by atoms with Crippen LogP contribution < -0.4 is 5.32 Å². The maximum atomic E-state index is 12.1. The Hall–Kier alpha value is -1.29. The standard InChI is InChI=1S/C16H25NO3/c1-4-13-12(5-10-20-13)14(18)17-11-16(19)8-6-15(2,3)7-9-16/h5,10,19H,4,6-9,11H2,1-3H3,(H,17,18). The van der Waals surface area contributed by atoms with Crippen LogP contribution in [0.25, 0.3) is 0 Å². The van der Waals surface area contributed by atoms with Gasteiger partial charge >= 0.3 is 0 Å². The van der Waals surface area contributed by atoms with E-state index in [4.69, 9.17) is 4.42 Å². The average Bonchev–Trinajstić information content (AvgIpc) is 2.89. The minimum absolute atomic E-state index is 0.158. The molecule has 1 aromatic heterocycles. The summed E-state index contributed by atoms with van der Waals surface area (Å²) in [5.41, 5.74) is 0.115. The van der Waals surface area contributed by atoms with Gasteiger partial charge in [0.05, 0.1) is 17.4 Å². The number of hydrogen-bond acceptors (Lipinski definition) is 3. The van der Waals surface area contributed by atoms with Crippen molar-refractivity contribution in [3.8, 4) is 0 Å². The highest BCUT2D eigenvalue weighted by atomic mass is 16.3. The molecule has 1 amide bonds. The summed E-state index contributed by atoms with van der Waals surface area (Å²) in [5.74, 6) is 0.535. The van der Waals surface area contributed by atoms with Crippen LogP contribution in [0, 0.1) is 5.41 Å². The fourth-order valence-corrected chi connectivity index (χ4v) is 2.73. The predicted octanol–water partition coefficient (Wildman–Crippen LogP) is 2.90. The monoisotopic (exact) mass is 279 g/mol. The molecule has 0 saturated heterocycles. The van der Waals surface area contributed by atoms with E-state index in [0.29, 0.717) is 29.7 Å². The van der Waals surface area contributed by atoms with Crippen LogP contribution in [-0.2, 0) is 6.42 Å². The summed E-state index contributed by atoms with van der Waals surface area (Å²) >= 11 is 0. The molecule has 2 N–H and O–H groups in total. The lowest BCUT2D eigenvalue weighted by molar-refractivity contribution is -0.0233. The van der Waals surface area contributed by atoms with E-state index >= 15 is 0 Å². The second kappa shape index (κ2) is 5.60. The molecule has 1 aliphatic rings. The van der Waals surface area contributed by atoms with E-state index in [-0.39, 0.29) is 5.91 Å². The number of nitrogens with one attached hydrogen (secondary N) is 1. The summed E-state index contributed by atoms with van der Waals surface area (Å²) < 4.78 is 5.26. The van der Waals surface area contributed by atoms with Crippen LogP contribution in [0.2, 0.25) is 0 Å². The van der Waals surface area contributed by atoms with Gasteiger partial charge in [0.25, 0.3) is 5.91 Å². The molecule has 0 aromatic carbocycles. The topological polar surface area (TPSA) is 62.5 Å². The summed E-state index contributed by atoms with van der Waals surface area (Å²) in [6.45, 7) is 6.72. The lowest BCUT2D eigenvalue weighted by Gasteiger charge is -2.40. The van der Waals surface area contributed by atoms with Gasteiger partial charge in [-0.25, -0.2) is 0 Å². The van der Waals surface area contributed by atoms with E-state index in [0.717, 1.165) is 25.7 Å².